The quantitative estimate of drug-likeness (QED) is 0.833. The zero-order valence-electron chi connectivity index (χ0n) is 13.7. The largest absolute Gasteiger partial charge is 0.361 e. The fourth-order valence-electron chi connectivity index (χ4n) is 2.52. The molecule has 0 spiro atoms. The van der Waals surface area contributed by atoms with Gasteiger partial charge in [-0.05, 0) is 34.2 Å². The Labute approximate surface area is 130 Å². The van der Waals surface area contributed by atoms with E-state index in [0.29, 0.717) is 6.42 Å². The molecule has 0 saturated carbocycles. The third-order valence-corrected chi connectivity index (χ3v) is 3.69. The highest BCUT2D eigenvalue weighted by Gasteiger charge is 2.22. The summed E-state index contributed by atoms with van der Waals surface area (Å²) in [6, 6.07) is -0.433. The molecule has 2 N–H and O–H groups in total. The van der Waals surface area contributed by atoms with Crippen LogP contribution in [0.2, 0.25) is 0 Å². The number of likely N-dealkylation sites (N-methyl/N-ethyl adjacent to an activating group) is 1. The summed E-state index contributed by atoms with van der Waals surface area (Å²) in [5.74, 6) is 0.728. The third-order valence-electron chi connectivity index (χ3n) is 3.69. The molecule has 2 heterocycles. The predicted molar refractivity (Wildman–Crippen MR) is 82.3 cm³/mol. The van der Waals surface area contributed by atoms with Gasteiger partial charge >= 0.3 is 0 Å². The lowest BCUT2D eigenvalue weighted by Crippen LogP contribution is -2.41. The van der Waals surface area contributed by atoms with Gasteiger partial charge in [-0.3, -0.25) is 9.48 Å². The van der Waals surface area contributed by atoms with Crippen molar-refractivity contribution in [1.82, 2.24) is 25.6 Å². The number of nitrogens with one attached hydrogen (secondary N) is 2. The maximum absolute atomic E-state index is 12.4. The first-order chi connectivity index (χ1) is 10.4. The second-order valence-electron chi connectivity index (χ2n) is 5.59. The number of aromatic nitrogens is 3. The van der Waals surface area contributed by atoms with Crippen molar-refractivity contribution >= 4 is 5.91 Å². The fraction of sp³-hybridized carbons (Fsp3) is 0.533. The maximum atomic E-state index is 12.4. The average Bonchev–Trinajstić information content (AvgIpc) is 3.00. The summed E-state index contributed by atoms with van der Waals surface area (Å²) in [4.78, 5) is 12.4. The summed E-state index contributed by atoms with van der Waals surface area (Å²) < 4.78 is 6.84. The Bertz CT molecular complexity index is 627. The smallest absolute Gasteiger partial charge is 0.242 e. The van der Waals surface area contributed by atoms with Gasteiger partial charge in [0.2, 0.25) is 5.91 Å². The summed E-state index contributed by atoms with van der Waals surface area (Å²) in [5, 5.41) is 14.1. The SMILES string of the molecule is CNC(C(=O)NC(C)Cc1c(C)noc1C)c1cnn(C)c1. The Morgan fingerprint density at radius 1 is 1.45 bits per heavy atom. The fourth-order valence-corrected chi connectivity index (χ4v) is 2.52. The second-order valence-corrected chi connectivity index (χ2v) is 5.59. The van der Waals surface area contributed by atoms with Crippen LogP contribution in [-0.2, 0) is 18.3 Å². The first-order valence-corrected chi connectivity index (χ1v) is 7.30. The molecule has 7 heteroatoms. The van der Waals surface area contributed by atoms with Gasteiger partial charge < -0.3 is 15.2 Å². The van der Waals surface area contributed by atoms with Crippen molar-refractivity contribution < 1.29 is 9.32 Å². The first-order valence-electron chi connectivity index (χ1n) is 7.30. The Balaban J connectivity index is 2.01. The lowest BCUT2D eigenvalue weighted by molar-refractivity contribution is -0.123. The van der Waals surface area contributed by atoms with Crippen molar-refractivity contribution in [3.8, 4) is 0 Å². The van der Waals surface area contributed by atoms with E-state index in [9.17, 15) is 4.79 Å². The molecule has 7 nitrogen and oxygen atoms in total. The monoisotopic (exact) mass is 305 g/mol. The van der Waals surface area contributed by atoms with Crippen LogP contribution in [0, 0.1) is 13.8 Å². The topological polar surface area (TPSA) is 85.0 Å². The summed E-state index contributed by atoms with van der Waals surface area (Å²) >= 11 is 0. The molecular formula is C15H23N5O2. The molecule has 0 aliphatic rings. The van der Waals surface area contributed by atoms with Crippen molar-refractivity contribution in [3.05, 3.63) is 35.0 Å². The first kappa shape index (κ1) is 16.2. The average molecular weight is 305 g/mol. The number of hydrogen-bond donors (Lipinski definition) is 2. The highest BCUT2D eigenvalue weighted by molar-refractivity contribution is 5.83. The molecule has 0 radical (unpaired) electrons. The van der Waals surface area contributed by atoms with Crippen LogP contribution >= 0.6 is 0 Å². The molecular weight excluding hydrogens is 282 g/mol. The van der Waals surface area contributed by atoms with Gasteiger partial charge in [0.25, 0.3) is 0 Å². The summed E-state index contributed by atoms with van der Waals surface area (Å²) in [6.07, 6.45) is 4.22. The van der Waals surface area contributed by atoms with Crippen LogP contribution in [-0.4, -0.2) is 33.9 Å². The van der Waals surface area contributed by atoms with E-state index in [2.05, 4.69) is 20.9 Å². The number of carbonyl (C=O) groups excluding carboxylic acids is 1. The van der Waals surface area contributed by atoms with Gasteiger partial charge in [-0.25, -0.2) is 0 Å². The lowest BCUT2D eigenvalue weighted by Gasteiger charge is -2.19. The molecule has 2 unspecified atom stereocenters. The van der Waals surface area contributed by atoms with Crippen molar-refractivity contribution in [3.63, 3.8) is 0 Å². The van der Waals surface area contributed by atoms with E-state index in [1.54, 1.807) is 17.9 Å². The molecule has 1 amide bonds. The lowest BCUT2D eigenvalue weighted by atomic mass is 10.0. The molecule has 2 aromatic rings. The van der Waals surface area contributed by atoms with E-state index in [1.165, 1.54) is 0 Å². The Morgan fingerprint density at radius 2 is 2.18 bits per heavy atom. The van der Waals surface area contributed by atoms with Crippen molar-refractivity contribution in [1.29, 1.82) is 0 Å². The number of rotatable bonds is 6. The Hall–Kier alpha value is -2.15. The molecule has 2 aromatic heterocycles. The van der Waals surface area contributed by atoms with E-state index in [4.69, 9.17) is 4.52 Å². The standard InChI is InChI=1S/C15H23N5O2/c1-9(6-13-10(2)19-22-11(13)3)18-15(21)14(16-4)12-7-17-20(5)8-12/h7-9,14,16H,6H2,1-5H3,(H,18,21). The molecule has 0 bridgehead atoms. The Morgan fingerprint density at radius 3 is 2.68 bits per heavy atom. The highest BCUT2D eigenvalue weighted by atomic mass is 16.5. The zero-order valence-corrected chi connectivity index (χ0v) is 13.7. The van der Waals surface area contributed by atoms with Gasteiger partial charge in [-0.15, -0.1) is 0 Å². The summed E-state index contributed by atoms with van der Waals surface area (Å²) in [6.45, 7) is 5.77. The number of amides is 1. The maximum Gasteiger partial charge on any atom is 0.242 e. The molecule has 0 aliphatic heterocycles. The van der Waals surface area contributed by atoms with E-state index in [1.807, 2.05) is 34.0 Å². The van der Waals surface area contributed by atoms with E-state index in [0.717, 1.165) is 22.6 Å². The Kier molecular flexibility index (Phi) is 4.97. The molecule has 120 valence electrons. The molecule has 0 saturated heterocycles. The number of carbonyl (C=O) groups is 1. The number of hydrogen-bond acceptors (Lipinski definition) is 5. The molecule has 0 aromatic carbocycles. The van der Waals surface area contributed by atoms with Gasteiger partial charge in [-0.2, -0.15) is 5.10 Å². The normalized spacial score (nSPS) is 13.9. The van der Waals surface area contributed by atoms with Gasteiger partial charge in [0.1, 0.15) is 11.8 Å². The molecule has 2 rings (SSSR count). The minimum atomic E-state index is -0.416. The van der Waals surface area contributed by atoms with Gasteiger partial charge in [0.15, 0.2) is 0 Å². The minimum absolute atomic E-state index is 0.0168. The van der Waals surface area contributed by atoms with Crippen molar-refractivity contribution in [2.24, 2.45) is 7.05 Å². The van der Waals surface area contributed by atoms with Crippen LogP contribution in [0.1, 0.15) is 35.5 Å². The minimum Gasteiger partial charge on any atom is -0.361 e. The van der Waals surface area contributed by atoms with Gasteiger partial charge in [0.05, 0.1) is 11.9 Å². The van der Waals surface area contributed by atoms with Crippen molar-refractivity contribution in [2.75, 3.05) is 7.05 Å². The molecule has 2 atom stereocenters. The highest BCUT2D eigenvalue weighted by Crippen LogP contribution is 2.16. The van der Waals surface area contributed by atoms with Crippen molar-refractivity contribution in [2.45, 2.75) is 39.3 Å². The van der Waals surface area contributed by atoms with E-state index >= 15 is 0 Å². The zero-order chi connectivity index (χ0) is 16.3. The van der Waals surface area contributed by atoms with Crippen LogP contribution in [0.4, 0.5) is 0 Å². The van der Waals surface area contributed by atoms with E-state index < -0.39 is 6.04 Å². The van der Waals surface area contributed by atoms with E-state index in [-0.39, 0.29) is 11.9 Å². The van der Waals surface area contributed by atoms with Gasteiger partial charge in [0, 0.05) is 30.4 Å². The van der Waals surface area contributed by atoms with Crippen LogP contribution in [0.5, 0.6) is 0 Å². The van der Waals surface area contributed by atoms with Crippen LogP contribution in [0.25, 0.3) is 0 Å². The summed E-state index contributed by atoms with van der Waals surface area (Å²) in [7, 11) is 3.59. The summed E-state index contributed by atoms with van der Waals surface area (Å²) in [5.41, 5.74) is 2.76. The number of aryl methyl sites for hydroxylation is 3. The van der Waals surface area contributed by atoms with Crippen LogP contribution in [0.3, 0.4) is 0 Å². The molecule has 0 aliphatic carbocycles. The predicted octanol–water partition coefficient (Wildman–Crippen LogP) is 1.03. The van der Waals surface area contributed by atoms with Crippen LogP contribution < -0.4 is 10.6 Å². The number of nitrogens with zero attached hydrogens (tertiary/aromatic N) is 3. The third kappa shape index (κ3) is 3.54. The van der Waals surface area contributed by atoms with Gasteiger partial charge in [-0.1, -0.05) is 5.16 Å². The molecule has 22 heavy (non-hydrogen) atoms. The van der Waals surface area contributed by atoms with Crippen LogP contribution in [0.15, 0.2) is 16.9 Å². The second kappa shape index (κ2) is 6.74. The molecule has 0 fully saturated rings.